The predicted molar refractivity (Wildman–Crippen MR) is 130 cm³/mol. The molecule has 34 heavy (non-hydrogen) atoms. The van der Waals surface area contributed by atoms with E-state index in [0.717, 1.165) is 24.5 Å². The number of aromatic nitrogens is 3. The van der Waals surface area contributed by atoms with Crippen LogP contribution in [0.1, 0.15) is 29.8 Å². The minimum Gasteiger partial charge on any atom is -0.372 e. The number of rotatable bonds is 4. The molecule has 1 aromatic carbocycles. The lowest BCUT2D eigenvalue weighted by atomic mass is 10.1. The number of hydrogen-bond donors (Lipinski definition) is 1. The molecule has 2 unspecified atom stereocenters. The molecular weight excluding hydrogens is 433 g/mol. The number of carbonyl (C=O) groups is 1. The van der Waals surface area contributed by atoms with Crippen LogP contribution in [0.3, 0.4) is 0 Å². The Hall–Kier alpha value is -3.78. The third-order valence-corrected chi connectivity index (χ3v) is 5.88. The molecule has 0 aliphatic carbocycles. The summed E-state index contributed by atoms with van der Waals surface area (Å²) in [4.78, 5) is 24.6. The first kappa shape index (κ1) is 22.0. The molecule has 174 valence electrons. The molecule has 4 heterocycles. The molecule has 8 heteroatoms. The summed E-state index contributed by atoms with van der Waals surface area (Å²) in [5.41, 5.74) is 3.46. The number of halogens is 1. The maximum Gasteiger partial charge on any atom is 0.258 e. The van der Waals surface area contributed by atoms with E-state index in [-0.39, 0.29) is 23.9 Å². The van der Waals surface area contributed by atoms with Crippen LogP contribution in [-0.2, 0) is 4.74 Å². The lowest BCUT2D eigenvalue weighted by Gasteiger charge is -2.36. The van der Waals surface area contributed by atoms with Crippen molar-refractivity contribution in [2.45, 2.75) is 33.0 Å². The van der Waals surface area contributed by atoms with Crippen molar-refractivity contribution in [1.82, 2.24) is 14.4 Å². The summed E-state index contributed by atoms with van der Waals surface area (Å²) in [6, 6.07) is 13.6. The number of fused-ring (bicyclic) bond motifs is 1. The number of aryl methyl sites for hydroxylation is 1. The van der Waals surface area contributed by atoms with Gasteiger partial charge in [-0.3, -0.25) is 9.20 Å². The molecule has 1 aliphatic rings. The lowest BCUT2D eigenvalue weighted by molar-refractivity contribution is -0.00546. The van der Waals surface area contributed by atoms with E-state index in [2.05, 4.69) is 15.2 Å². The maximum atomic E-state index is 13.5. The number of morpholine rings is 1. The van der Waals surface area contributed by atoms with E-state index in [1.54, 1.807) is 24.4 Å². The number of carbonyl (C=O) groups excluding carboxylic acids is 1. The quantitative estimate of drug-likeness (QED) is 0.479. The number of amides is 1. The second kappa shape index (κ2) is 8.87. The third-order valence-electron chi connectivity index (χ3n) is 5.88. The van der Waals surface area contributed by atoms with Crippen LogP contribution in [-0.4, -0.2) is 45.6 Å². The fourth-order valence-corrected chi connectivity index (χ4v) is 4.33. The summed E-state index contributed by atoms with van der Waals surface area (Å²) >= 11 is 0. The minimum atomic E-state index is -0.329. The first-order valence-corrected chi connectivity index (χ1v) is 11.3. The minimum absolute atomic E-state index is 0.122. The van der Waals surface area contributed by atoms with Gasteiger partial charge in [-0.25, -0.2) is 14.4 Å². The topological polar surface area (TPSA) is 71.8 Å². The van der Waals surface area contributed by atoms with Crippen LogP contribution in [0.4, 0.5) is 16.0 Å². The van der Waals surface area contributed by atoms with Gasteiger partial charge in [0.25, 0.3) is 5.91 Å². The van der Waals surface area contributed by atoms with Crippen LogP contribution in [0.5, 0.6) is 0 Å². The number of ether oxygens (including phenoxy) is 1. The number of nitrogens with one attached hydrogen (secondary N) is 1. The van der Waals surface area contributed by atoms with Crippen LogP contribution in [0.15, 0.2) is 60.9 Å². The number of pyridine rings is 2. The van der Waals surface area contributed by atoms with Gasteiger partial charge < -0.3 is 15.0 Å². The average molecular weight is 460 g/mol. The first-order valence-electron chi connectivity index (χ1n) is 11.3. The van der Waals surface area contributed by atoms with Crippen LogP contribution < -0.4 is 10.2 Å². The first-order chi connectivity index (χ1) is 16.4. The van der Waals surface area contributed by atoms with E-state index in [9.17, 15) is 9.18 Å². The predicted octanol–water partition coefficient (Wildman–Crippen LogP) is 4.71. The summed E-state index contributed by atoms with van der Waals surface area (Å²) < 4.78 is 21.1. The van der Waals surface area contributed by atoms with E-state index < -0.39 is 0 Å². The molecule has 0 saturated carbocycles. The molecule has 1 saturated heterocycles. The SMILES string of the molecule is Cc1ccn2c(NC(=O)c3ccc(N4CC(C)OC(C)C4)nc3)c(-c3ccc(F)cc3)nc2c1. The smallest absolute Gasteiger partial charge is 0.258 e. The highest BCUT2D eigenvalue weighted by atomic mass is 19.1. The Bertz CT molecular complexity index is 1320. The lowest BCUT2D eigenvalue weighted by Crippen LogP contribution is -2.45. The number of imidazole rings is 1. The van der Waals surface area contributed by atoms with Crippen LogP contribution >= 0.6 is 0 Å². The van der Waals surface area contributed by atoms with Crippen molar-refractivity contribution in [3.63, 3.8) is 0 Å². The Balaban J connectivity index is 1.44. The fraction of sp³-hybridized carbons (Fsp3) is 0.269. The summed E-state index contributed by atoms with van der Waals surface area (Å²) in [7, 11) is 0. The standard InChI is InChI=1S/C26H26FN5O2/c1-16-10-11-32-23(12-16)29-24(19-4-7-21(27)8-5-19)25(32)30-26(33)20-6-9-22(28-13-20)31-14-17(2)34-18(3)15-31/h4-13,17-18H,14-15H2,1-3H3,(H,30,33). The van der Waals surface area contributed by atoms with Crippen molar-refractivity contribution in [3.05, 3.63) is 77.9 Å². The maximum absolute atomic E-state index is 13.5. The molecular formula is C26H26FN5O2. The van der Waals surface area contributed by atoms with Gasteiger partial charge in [0.15, 0.2) is 0 Å². The van der Waals surface area contributed by atoms with E-state index >= 15 is 0 Å². The van der Waals surface area contributed by atoms with Crippen molar-refractivity contribution in [3.8, 4) is 11.3 Å². The van der Waals surface area contributed by atoms with Gasteiger partial charge in [-0.15, -0.1) is 0 Å². The summed E-state index contributed by atoms with van der Waals surface area (Å²) in [6.07, 6.45) is 3.69. The number of hydrogen-bond acceptors (Lipinski definition) is 5. The molecule has 0 bridgehead atoms. The summed E-state index contributed by atoms with van der Waals surface area (Å²) in [5, 5.41) is 2.99. The molecule has 5 rings (SSSR count). The van der Waals surface area contributed by atoms with E-state index in [0.29, 0.717) is 28.3 Å². The normalized spacial score (nSPS) is 18.3. The molecule has 7 nitrogen and oxygen atoms in total. The van der Waals surface area contributed by atoms with Crippen LogP contribution in [0.25, 0.3) is 16.9 Å². The molecule has 1 fully saturated rings. The zero-order valence-electron chi connectivity index (χ0n) is 19.3. The Kier molecular flexibility index (Phi) is 5.75. The van der Waals surface area contributed by atoms with Gasteiger partial charge in [0.1, 0.15) is 28.8 Å². The molecule has 1 N–H and O–H groups in total. The van der Waals surface area contributed by atoms with Crippen molar-refractivity contribution < 1.29 is 13.9 Å². The largest absolute Gasteiger partial charge is 0.372 e. The Morgan fingerprint density at radius 3 is 2.50 bits per heavy atom. The highest BCUT2D eigenvalue weighted by Gasteiger charge is 2.23. The number of anilines is 2. The zero-order valence-corrected chi connectivity index (χ0v) is 19.3. The highest BCUT2D eigenvalue weighted by molar-refractivity contribution is 6.05. The van der Waals surface area contributed by atoms with Gasteiger partial charge in [0.05, 0.1) is 17.8 Å². The molecule has 1 amide bonds. The van der Waals surface area contributed by atoms with Crippen molar-refractivity contribution in [2.75, 3.05) is 23.3 Å². The van der Waals surface area contributed by atoms with Gasteiger partial charge in [0, 0.05) is 31.0 Å². The molecule has 3 aromatic heterocycles. The zero-order chi connectivity index (χ0) is 23.8. The van der Waals surface area contributed by atoms with Gasteiger partial charge >= 0.3 is 0 Å². The second-order valence-electron chi connectivity index (χ2n) is 8.77. The van der Waals surface area contributed by atoms with E-state index in [1.165, 1.54) is 12.1 Å². The molecule has 4 aromatic rings. The molecule has 0 spiro atoms. The molecule has 2 atom stereocenters. The van der Waals surface area contributed by atoms with Crippen molar-refractivity contribution >= 4 is 23.2 Å². The Morgan fingerprint density at radius 2 is 1.82 bits per heavy atom. The van der Waals surface area contributed by atoms with Gasteiger partial charge in [-0.2, -0.15) is 0 Å². The second-order valence-corrected chi connectivity index (χ2v) is 8.77. The Morgan fingerprint density at radius 1 is 1.09 bits per heavy atom. The fourth-order valence-electron chi connectivity index (χ4n) is 4.33. The van der Waals surface area contributed by atoms with Crippen LogP contribution in [0.2, 0.25) is 0 Å². The highest BCUT2D eigenvalue weighted by Crippen LogP contribution is 2.30. The van der Waals surface area contributed by atoms with Crippen molar-refractivity contribution in [2.24, 2.45) is 0 Å². The monoisotopic (exact) mass is 459 g/mol. The van der Waals surface area contributed by atoms with Crippen molar-refractivity contribution in [1.29, 1.82) is 0 Å². The molecule has 0 radical (unpaired) electrons. The van der Waals surface area contributed by atoms with E-state index in [4.69, 9.17) is 9.72 Å². The number of benzene rings is 1. The molecule has 1 aliphatic heterocycles. The number of nitrogens with zero attached hydrogens (tertiary/aromatic N) is 4. The van der Waals surface area contributed by atoms with Crippen LogP contribution in [0, 0.1) is 12.7 Å². The average Bonchev–Trinajstić information content (AvgIpc) is 3.16. The Labute approximate surface area is 197 Å². The van der Waals surface area contributed by atoms with Gasteiger partial charge in [0.2, 0.25) is 0 Å². The van der Waals surface area contributed by atoms with Gasteiger partial charge in [-0.1, -0.05) is 0 Å². The van der Waals surface area contributed by atoms with Gasteiger partial charge in [-0.05, 0) is 74.9 Å². The van der Waals surface area contributed by atoms with E-state index in [1.807, 2.05) is 49.6 Å². The summed E-state index contributed by atoms with van der Waals surface area (Å²) in [5.74, 6) is 0.708. The summed E-state index contributed by atoms with van der Waals surface area (Å²) in [6.45, 7) is 7.57. The third kappa shape index (κ3) is 4.36.